The Hall–Kier alpha value is -0.0800. The molecule has 0 aliphatic heterocycles. The number of aliphatic hydroxyl groups is 1. The minimum atomic E-state index is -0.560. The first-order valence-electron chi connectivity index (χ1n) is 2.99. The summed E-state index contributed by atoms with van der Waals surface area (Å²) in [6, 6.07) is 0. The number of likely N-dealkylation sites (N-methyl/N-ethyl adjacent to an activating group) is 1. The van der Waals surface area contributed by atoms with Gasteiger partial charge < -0.3 is 10.4 Å². The summed E-state index contributed by atoms with van der Waals surface area (Å²) in [5, 5.41) is 12.1. The van der Waals surface area contributed by atoms with Gasteiger partial charge in [-0.1, -0.05) is 6.92 Å². The van der Waals surface area contributed by atoms with Gasteiger partial charge in [0.25, 0.3) is 0 Å². The molecule has 0 unspecified atom stereocenters. The molecule has 2 N–H and O–H groups in total. The molecule has 0 aliphatic rings. The van der Waals surface area contributed by atoms with Crippen LogP contribution < -0.4 is 5.32 Å². The molecule has 0 bridgehead atoms. The molecular formula is C6H15NO. The van der Waals surface area contributed by atoms with E-state index < -0.39 is 5.60 Å². The Balaban J connectivity index is 3.11. The van der Waals surface area contributed by atoms with Crippen LogP contribution in [0.25, 0.3) is 0 Å². The lowest BCUT2D eigenvalue weighted by molar-refractivity contribution is 0.0805. The van der Waals surface area contributed by atoms with Gasteiger partial charge in [-0.3, -0.25) is 0 Å². The Kier molecular flexibility index (Phi) is 3.02. The van der Waals surface area contributed by atoms with E-state index in [9.17, 15) is 0 Å². The normalized spacial score (nSPS) is 12.0. The molecule has 0 radical (unpaired) electrons. The molecule has 0 saturated carbocycles. The standard InChI is InChI=1S/C6H15NO/c1-4-7-5-6(2,3)8/h7-8H,4-5H2,1-3H3. The average molecular weight is 117 g/mol. The Morgan fingerprint density at radius 3 is 2.12 bits per heavy atom. The first-order chi connectivity index (χ1) is 3.56. The Morgan fingerprint density at radius 2 is 2.00 bits per heavy atom. The molecule has 2 heteroatoms. The summed E-state index contributed by atoms with van der Waals surface area (Å²) in [6.07, 6.45) is 0. The molecule has 0 fully saturated rings. The molecule has 0 atom stereocenters. The highest BCUT2D eigenvalue weighted by atomic mass is 16.3. The number of hydrogen-bond acceptors (Lipinski definition) is 2. The molecule has 0 heterocycles. The fourth-order valence-corrected chi connectivity index (χ4v) is 0.431. The van der Waals surface area contributed by atoms with Crippen molar-refractivity contribution in [3.8, 4) is 0 Å². The maximum atomic E-state index is 9.09. The number of nitrogens with one attached hydrogen (secondary N) is 1. The van der Waals surface area contributed by atoms with Crippen molar-refractivity contribution in [3.63, 3.8) is 0 Å². The highest BCUT2D eigenvalue weighted by molar-refractivity contribution is 4.66. The highest BCUT2D eigenvalue weighted by Gasteiger charge is 2.09. The topological polar surface area (TPSA) is 32.3 Å². The fourth-order valence-electron chi connectivity index (χ4n) is 0.431. The van der Waals surface area contributed by atoms with Crippen LogP contribution in [-0.2, 0) is 0 Å². The lowest BCUT2D eigenvalue weighted by Crippen LogP contribution is -2.34. The van der Waals surface area contributed by atoms with E-state index in [1.54, 1.807) is 13.8 Å². The van der Waals surface area contributed by atoms with Crippen LogP contribution in [0.15, 0.2) is 0 Å². The molecule has 0 saturated heterocycles. The van der Waals surface area contributed by atoms with Crippen LogP contribution in [0.4, 0.5) is 0 Å². The van der Waals surface area contributed by atoms with Crippen molar-refractivity contribution in [3.05, 3.63) is 0 Å². The minimum Gasteiger partial charge on any atom is -0.389 e. The second kappa shape index (κ2) is 3.05. The average Bonchev–Trinajstić information content (AvgIpc) is 1.59. The molecule has 50 valence electrons. The van der Waals surface area contributed by atoms with Gasteiger partial charge >= 0.3 is 0 Å². The molecule has 0 aliphatic carbocycles. The van der Waals surface area contributed by atoms with Crippen molar-refractivity contribution in [1.29, 1.82) is 0 Å². The van der Waals surface area contributed by atoms with Gasteiger partial charge in [-0.15, -0.1) is 0 Å². The summed E-state index contributed by atoms with van der Waals surface area (Å²) >= 11 is 0. The molecule has 0 spiro atoms. The lowest BCUT2D eigenvalue weighted by Gasteiger charge is -2.16. The van der Waals surface area contributed by atoms with Gasteiger partial charge in [-0.05, 0) is 20.4 Å². The first kappa shape index (κ1) is 7.92. The maximum Gasteiger partial charge on any atom is 0.0715 e. The predicted molar refractivity (Wildman–Crippen MR) is 34.8 cm³/mol. The van der Waals surface area contributed by atoms with E-state index in [-0.39, 0.29) is 0 Å². The van der Waals surface area contributed by atoms with Crippen molar-refractivity contribution in [2.24, 2.45) is 0 Å². The second-order valence-corrected chi connectivity index (χ2v) is 2.59. The third-order valence-corrected chi connectivity index (χ3v) is 0.808. The van der Waals surface area contributed by atoms with E-state index in [1.165, 1.54) is 0 Å². The quantitative estimate of drug-likeness (QED) is 0.559. The summed E-state index contributed by atoms with van der Waals surface area (Å²) in [5.41, 5.74) is -0.560. The van der Waals surface area contributed by atoms with Crippen molar-refractivity contribution in [2.75, 3.05) is 13.1 Å². The molecule has 0 amide bonds. The van der Waals surface area contributed by atoms with E-state index in [0.29, 0.717) is 6.54 Å². The monoisotopic (exact) mass is 117 g/mol. The third kappa shape index (κ3) is 5.92. The van der Waals surface area contributed by atoms with Gasteiger partial charge in [-0.25, -0.2) is 0 Å². The van der Waals surface area contributed by atoms with Crippen LogP contribution in [0, 0.1) is 0 Å². The number of rotatable bonds is 3. The zero-order chi connectivity index (χ0) is 6.62. The van der Waals surface area contributed by atoms with Gasteiger partial charge in [0.2, 0.25) is 0 Å². The third-order valence-electron chi connectivity index (χ3n) is 0.808. The van der Waals surface area contributed by atoms with E-state index in [1.807, 2.05) is 6.92 Å². The van der Waals surface area contributed by atoms with E-state index in [0.717, 1.165) is 6.54 Å². The van der Waals surface area contributed by atoms with Crippen LogP contribution in [0.2, 0.25) is 0 Å². The first-order valence-corrected chi connectivity index (χ1v) is 2.99. The van der Waals surface area contributed by atoms with Crippen molar-refractivity contribution >= 4 is 0 Å². The van der Waals surface area contributed by atoms with E-state index >= 15 is 0 Å². The molecule has 8 heavy (non-hydrogen) atoms. The highest BCUT2D eigenvalue weighted by Crippen LogP contribution is 1.95. The fraction of sp³-hybridized carbons (Fsp3) is 1.00. The van der Waals surface area contributed by atoms with E-state index in [2.05, 4.69) is 5.32 Å². The Bertz CT molecular complexity index is 56.0. The predicted octanol–water partition coefficient (Wildman–Crippen LogP) is 0.367. The van der Waals surface area contributed by atoms with Gasteiger partial charge in [0.1, 0.15) is 0 Å². The van der Waals surface area contributed by atoms with E-state index in [4.69, 9.17) is 5.11 Å². The van der Waals surface area contributed by atoms with Crippen LogP contribution in [0.3, 0.4) is 0 Å². The molecule has 2 nitrogen and oxygen atoms in total. The van der Waals surface area contributed by atoms with Crippen LogP contribution >= 0.6 is 0 Å². The Labute approximate surface area is 50.9 Å². The van der Waals surface area contributed by atoms with Crippen LogP contribution in [-0.4, -0.2) is 23.8 Å². The van der Waals surface area contributed by atoms with Crippen LogP contribution in [0.5, 0.6) is 0 Å². The summed E-state index contributed by atoms with van der Waals surface area (Å²) in [6.45, 7) is 7.19. The second-order valence-electron chi connectivity index (χ2n) is 2.59. The molecule has 0 aromatic heterocycles. The van der Waals surface area contributed by atoms with Gasteiger partial charge in [-0.2, -0.15) is 0 Å². The molecular weight excluding hydrogens is 102 g/mol. The van der Waals surface area contributed by atoms with Gasteiger partial charge in [0.05, 0.1) is 5.60 Å². The van der Waals surface area contributed by atoms with Crippen LogP contribution in [0.1, 0.15) is 20.8 Å². The SMILES string of the molecule is CCNCC(C)(C)O. The molecule has 0 rings (SSSR count). The summed E-state index contributed by atoms with van der Waals surface area (Å²) in [4.78, 5) is 0. The molecule has 0 aromatic rings. The maximum absolute atomic E-state index is 9.09. The summed E-state index contributed by atoms with van der Waals surface area (Å²) < 4.78 is 0. The lowest BCUT2D eigenvalue weighted by atomic mass is 10.1. The summed E-state index contributed by atoms with van der Waals surface area (Å²) in [7, 11) is 0. The summed E-state index contributed by atoms with van der Waals surface area (Å²) in [5.74, 6) is 0. The van der Waals surface area contributed by atoms with Crippen molar-refractivity contribution < 1.29 is 5.11 Å². The number of hydrogen-bond donors (Lipinski definition) is 2. The van der Waals surface area contributed by atoms with Crippen molar-refractivity contribution in [2.45, 2.75) is 26.4 Å². The van der Waals surface area contributed by atoms with Crippen molar-refractivity contribution in [1.82, 2.24) is 5.32 Å². The zero-order valence-corrected chi connectivity index (χ0v) is 5.86. The Morgan fingerprint density at radius 1 is 1.50 bits per heavy atom. The van der Waals surface area contributed by atoms with Gasteiger partial charge in [0.15, 0.2) is 0 Å². The van der Waals surface area contributed by atoms with Gasteiger partial charge in [0, 0.05) is 6.54 Å². The molecule has 0 aromatic carbocycles. The minimum absolute atomic E-state index is 0.560. The smallest absolute Gasteiger partial charge is 0.0715 e. The zero-order valence-electron chi connectivity index (χ0n) is 5.86. The largest absolute Gasteiger partial charge is 0.389 e.